The minimum absolute atomic E-state index is 0.0450. The Morgan fingerprint density at radius 1 is 1.26 bits per heavy atom. The van der Waals surface area contributed by atoms with Crippen LogP contribution < -0.4 is 5.32 Å². The van der Waals surface area contributed by atoms with E-state index in [4.69, 9.17) is 0 Å². The molecule has 8 heteroatoms. The van der Waals surface area contributed by atoms with Crippen molar-refractivity contribution in [2.75, 3.05) is 0 Å². The van der Waals surface area contributed by atoms with Gasteiger partial charge in [-0.25, -0.2) is 0 Å². The highest BCUT2D eigenvalue weighted by atomic mass is 16.6. The van der Waals surface area contributed by atoms with E-state index in [1.54, 1.807) is 30.7 Å². The lowest BCUT2D eigenvalue weighted by atomic mass is 9.93. The molecule has 1 amide bonds. The molecule has 3 rings (SSSR count). The third-order valence-corrected chi connectivity index (χ3v) is 5.11. The summed E-state index contributed by atoms with van der Waals surface area (Å²) in [6.45, 7) is 3.71. The quantitative estimate of drug-likeness (QED) is 0.619. The number of hydrogen-bond donors (Lipinski definition) is 2. The van der Waals surface area contributed by atoms with E-state index in [-0.39, 0.29) is 23.7 Å². The number of carbonyl (C=O) groups excluding carboxylic acids is 1. The molecule has 0 atom stereocenters. The molecule has 27 heavy (non-hydrogen) atoms. The predicted molar refractivity (Wildman–Crippen MR) is 99.6 cm³/mol. The standard InChI is InChI=1S/C19H24N4O4/c1-12-18(23(26)27)13(2)22(21-12)11-14-3-5-15(6-4-14)19(25)20-16-7-9-17(24)10-8-16/h3-6,16-17,24H,7-11H2,1-2H3,(H,20,25). The number of benzene rings is 1. The van der Waals surface area contributed by atoms with Gasteiger partial charge in [-0.2, -0.15) is 5.10 Å². The van der Waals surface area contributed by atoms with Crippen LogP contribution in [0.3, 0.4) is 0 Å². The second kappa shape index (κ2) is 7.87. The van der Waals surface area contributed by atoms with Crippen molar-refractivity contribution >= 4 is 11.6 Å². The molecule has 1 aromatic heterocycles. The molecule has 2 N–H and O–H groups in total. The Kier molecular flexibility index (Phi) is 5.55. The summed E-state index contributed by atoms with van der Waals surface area (Å²) in [6.07, 6.45) is 2.78. The molecule has 0 saturated heterocycles. The van der Waals surface area contributed by atoms with Crippen molar-refractivity contribution in [3.63, 3.8) is 0 Å². The minimum Gasteiger partial charge on any atom is -0.393 e. The van der Waals surface area contributed by atoms with Crippen molar-refractivity contribution in [1.29, 1.82) is 0 Å². The molecule has 1 aromatic carbocycles. The fourth-order valence-electron chi connectivity index (χ4n) is 3.53. The van der Waals surface area contributed by atoms with Gasteiger partial charge in [-0.3, -0.25) is 19.6 Å². The minimum atomic E-state index is -0.411. The maximum Gasteiger partial charge on any atom is 0.312 e. The maximum atomic E-state index is 12.4. The normalized spacial score (nSPS) is 19.7. The highest BCUT2D eigenvalue weighted by molar-refractivity contribution is 5.94. The summed E-state index contributed by atoms with van der Waals surface area (Å²) in [4.78, 5) is 23.1. The Hall–Kier alpha value is -2.74. The Morgan fingerprint density at radius 2 is 1.89 bits per heavy atom. The fraction of sp³-hybridized carbons (Fsp3) is 0.474. The summed E-state index contributed by atoms with van der Waals surface area (Å²) in [6, 6.07) is 7.28. The van der Waals surface area contributed by atoms with Crippen LogP contribution >= 0.6 is 0 Å². The van der Waals surface area contributed by atoms with Crippen LogP contribution in [0.4, 0.5) is 5.69 Å². The van der Waals surface area contributed by atoms with Gasteiger partial charge in [-0.1, -0.05) is 12.1 Å². The van der Waals surface area contributed by atoms with Gasteiger partial charge in [0, 0.05) is 11.6 Å². The average molecular weight is 372 g/mol. The number of carbonyl (C=O) groups is 1. The Bertz CT molecular complexity index is 836. The van der Waals surface area contributed by atoms with Crippen molar-refractivity contribution in [3.8, 4) is 0 Å². The van der Waals surface area contributed by atoms with Gasteiger partial charge in [0.2, 0.25) is 0 Å². The fourth-order valence-corrected chi connectivity index (χ4v) is 3.53. The summed E-state index contributed by atoms with van der Waals surface area (Å²) in [5.74, 6) is -0.121. The van der Waals surface area contributed by atoms with Crippen LogP contribution in [0, 0.1) is 24.0 Å². The van der Waals surface area contributed by atoms with Gasteiger partial charge in [0.1, 0.15) is 11.4 Å². The van der Waals surface area contributed by atoms with Crippen LogP contribution in [0.5, 0.6) is 0 Å². The van der Waals surface area contributed by atoms with Crippen LogP contribution in [0.1, 0.15) is 53.0 Å². The Balaban J connectivity index is 1.64. The number of nitro groups is 1. The smallest absolute Gasteiger partial charge is 0.312 e. The lowest BCUT2D eigenvalue weighted by molar-refractivity contribution is -0.386. The summed E-state index contributed by atoms with van der Waals surface area (Å²) < 4.78 is 1.61. The van der Waals surface area contributed by atoms with Crippen molar-refractivity contribution in [1.82, 2.24) is 15.1 Å². The monoisotopic (exact) mass is 372 g/mol. The van der Waals surface area contributed by atoms with Crippen molar-refractivity contribution in [2.45, 2.75) is 58.2 Å². The molecule has 1 heterocycles. The topological polar surface area (TPSA) is 110 Å². The average Bonchev–Trinajstić information content (AvgIpc) is 2.91. The molecule has 1 aliphatic carbocycles. The molecular weight excluding hydrogens is 348 g/mol. The number of nitrogens with one attached hydrogen (secondary N) is 1. The van der Waals surface area contributed by atoms with Crippen LogP contribution in [0.25, 0.3) is 0 Å². The van der Waals surface area contributed by atoms with Gasteiger partial charge >= 0.3 is 5.69 Å². The summed E-state index contributed by atoms with van der Waals surface area (Å²) in [5.41, 5.74) is 2.44. The predicted octanol–water partition coefficient (Wildman–Crippen LogP) is 2.49. The van der Waals surface area contributed by atoms with Crippen LogP contribution in [0.2, 0.25) is 0 Å². The summed E-state index contributed by atoms with van der Waals surface area (Å²) >= 11 is 0. The molecule has 1 aliphatic rings. The highest BCUT2D eigenvalue weighted by Crippen LogP contribution is 2.23. The van der Waals surface area contributed by atoms with Gasteiger partial charge in [0.05, 0.1) is 17.6 Å². The zero-order valence-electron chi connectivity index (χ0n) is 15.5. The third-order valence-electron chi connectivity index (χ3n) is 5.11. The highest BCUT2D eigenvalue weighted by Gasteiger charge is 2.22. The SMILES string of the molecule is Cc1nn(Cc2ccc(C(=O)NC3CCC(O)CC3)cc2)c(C)c1[N+](=O)[O-]. The van der Waals surface area contributed by atoms with E-state index in [1.165, 1.54) is 0 Å². The number of aliphatic hydroxyl groups is 1. The first kappa shape index (κ1) is 19.0. The Labute approximate surface area is 157 Å². The van der Waals surface area contributed by atoms with Gasteiger partial charge in [0.25, 0.3) is 5.91 Å². The molecule has 0 unspecified atom stereocenters. The number of aliphatic hydroxyl groups excluding tert-OH is 1. The molecule has 0 spiro atoms. The first-order chi connectivity index (χ1) is 12.8. The zero-order chi connectivity index (χ0) is 19.6. The first-order valence-corrected chi connectivity index (χ1v) is 9.11. The van der Waals surface area contributed by atoms with Crippen molar-refractivity contribution < 1.29 is 14.8 Å². The number of nitrogens with zero attached hydrogens (tertiary/aromatic N) is 3. The summed E-state index contributed by atoms with van der Waals surface area (Å²) in [5, 5.41) is 27.9. The zero-order valence-corrected chi connectivity index (χ0v) is 15.5. The second-order valence-corrected chi connectivity index (χ2v) is 7.11. The maximum absolute atomic E-state index is 12.4. The molecule has 1 saturated carbocycles. The number of aromatic nitrogens is 2. The van der Waals surface area contributed by atoms with E-state index in [9.17, 15) is 20.0 Å². The van der Waals surface area contributed by atoms with E-state index in [1.807, 2.05) is 12.1 Å². The van der Waals surface area contributed by atoms with E-state index in [0.29, 0.717) is 23.5 Å². The molecule has 0 bridgehead atoms. The second-order valence-electron chi connectivity index (χ2n) is 7.11. The van der Waals surface area contributed by atoms with Crippen LogP contribution in [-0.4, -0.2) is 37.9 Å². The molecule has 2 aromatic rings. The number of aryl methyl sites for hydroxylation is 1. The molecule has 0 aliphatic heterocycles. The lowest BCUT2D eigenvalue weighted by Gasteiger charge is -2.26. The number of amides is 1. The van der Waals surface area contributed by atoms with Crippen LogP contribution in [-0.2, 0) is 6.54 Å². The van der Waals surface area contributed by atoms with E-state index < -0.39 is 4.92 Å². The van der Waals surface area contributed by atoms with Gasteiger partial charge < -0.3 is 10.4 Å². The summed E-state index contributed by atoms with van der Waals surface area (Å²) in [7, 11) is 0. The van der Waals surface area contributed by atoms with Gasteiger partial charge in [0.15, 0.2) is 0 Å². The van der Waals surface area contributed by atoms with E-state index >= 15 is 0 Å². The van der Waals surface area contributed by atoms with Crippen molar-refractivity contribution in [2.24, 2.45) is 0 Å². The molecule has 1 fully saturated rings. The molecule has 0 radical (unpaired) electrons. The van der Waals surface area contributed by atoms with E-state index in [2.05, 4.69) is 10.4 Å². The van der Waals surface area contributed by atoms with E-state index in [0.717, 1.165) is 31.2 Å². The number of rotatable bonds is 5. The van der Waals surface area contributed by atoms with Gasteiger partial charge in [-0.05, 0) is 57.2 Å². The van der Waals surface area contributed by atoms with Gasteiger partial charge in [-0.15, -0.1) is 0 Å². The largest absolute Gasteiger partial charge is 0.393 e. The third kappa shape index (κ3) is 4.33. The molecule has 8 nitrogen and oxygen atoms in total. The number of hydrogen-bond acceptors (Lipinski definition) is 5. The van der Waals surface area contributed by atoms with Crippen LogP contribution in [0.15, 0.2) is 24.3 Å². The Morgan fingerprint density at radius 3 is 2.44 bits per heavy atom. The first-order valence-electron chi connectivity index (χ1n) is 9.11. The van der Waals surface area contributed by atoms with Crippen molar-refractivity contribution in [3.05, 3.63) is 56.9 Å². The molecule has 144 valence electrons. The molecular formula is C19H24N4O4. The lowest BCUT2D eigenvalue weighted by Crippen LogP contribution is -2.38.